The van der Waals surface area contributed by atoms with Gasteiger partial charge in [0, 0.05) is 0 Å². The smallest absolute Gasteiger partial charge is 0.216 e. The zero-order valence-corrected chi connectivity index (χ0v) is 14.8. The summed E-state index contributed by atoms with van der Waals surface area (Å²) in [7, 11) is -1.15. The number of hydrogen-bond donors (Lipinski definition) is 0. The number of halogens is 1. The number of hydrogen-bond acceptors (Lipinski definition) is 0. The van der Waals surface area contributed by atoms with Crippen LogP contribution in [0.25, 0.3) is 0 Å². The zero-order chi connectivity index (χ0) is 14.0. The molecule has 0 atom stereocenters. The second-order valence-corrected chi connectivity index (χ2v) is 7.08. The predicted octanol–water partition coefficient (Wildman–Crippen LogP) is 6.33. The van der Waals surface area contributed by atoms with Crippen LogP contribution in [0.15, 0.2) is 0 Å². The number of unbranched alkanes of at least 4 members (excludes halogenated alkanes) is 14. The predicted molar refractivity (Wildman–Crippen MR) is 89.4 cm³/mol. The van der Waals surface area contributed by atoms with Gasteiger partial charge in [-0.05, 0) is 6.04 Å². The van der Waals surface area contributed by atoms with Crippen molar-refractivity contribution in [2.45, 2.75) is 109 Å². The number of rotatable bonds is 16. The quantitative estimate of drug-likeness (QED) is 0.177. The van der Waals surface area contributed by atoms with Crippen molar-refractivity contribution < 1.29 is 4.11 Å². The second kappa shape index (κ2) is 18.1. The van der Waals surface area contributed by atoms with Crippen LogP contribution in [-0.4, -0.2) is 9.85 Å². The van der Waals surface area contributed by atoms with Crippen molar-refractivity contribution in [3.05, 3.63) is 0 Å². The molecule has 0 amide bonds. The molecule has 0 saturated heterocycles. The third kappa shape index (κ3) is 18.1. The van der Waals surface area contributed by atoms with E-state index in [9.17, 15) is 4.11 Å². The molecule has 0 spiro atoms. The molecule has 116 valence electrons. The Morgan fingerprint density at radius 3 is 1.16 bits per heavy atom. The lowest BCUT2D eigenvalue weighted by Crippen LogP contribution is -1.84. The lowest BCUT2D eigenvalue weighted by Gasteiger charge is -2.03. The van der Waals surface area contributed by atoms with Crippen LogP contribution in [-0.2, 0) is 0 Å². The Kier molecular flexibility index (Phi) is 18.3. The summed E-state index contributed by atoms with van der Waals surface area (Å²) < 4.78 is 12.0. The Morgan fingerprint density at radius 2 is 0.842 bits per heavy atom. The van der Waals surface area contributed by atoms with Gasteiger partial charge in [-0.25, -0.2) is 0 Å². The fourth-order valence-corrected chi connectivity index (χ4v) is 3.19. The Bertz CT molecular complexity index is 134. The highest BCUT2D eigenvalue weighted by Crippen LogP contribution is 2.13. The van der Waals surface area contributed by atoms with Crippen LogP contribution < -0.4 is 0 Å². The normalized spacial score (nSPS) is 11.7. The molecule has 19 heavy (non-hydrogen) atoms. The highest BCUT2D eigenvalue weighted by Gasteiger charge is 1.94. The fraction of sp³-hybridized carbons (Fsp3) is 1.00. The van der Waals surface area contributed by atoms with E-state index in [1.165, 1.54) is 89.9 Å². The van der Waals surface area contributed by atoms with Gasteiger partial charge in [0.05, 0.1) is 0 Å². The monoisotopic (exact) mass is 288 g/mol. The lowest BCUT2D eigenvalue weighted by molar-refractivity contribution is 0.534. The highest BCUT2D eigenvalue weighted by atomic mass is 28.3. The van der Waals surface area contributed by atoms with Crippen LogP contribution in [0.4, 0.5) is 4.11 Å². The molecule has 0 aliphatic heterocycles. The van der Waals surface area contributed by atoms with E-state index in [1.54, 1.807) is 0 Å². The van der Waals surface area contributed by atoms with E-state index < -0.39 is 9.85 Å². The molecular formula is C17H37FSi. The van der Waals surface area contributed by atoms with Crippen LogP contribution in [0.1, 0.15) is 103 Å². The fourth-order valence-electron chi connectivity index (χ4n) is 2.64. The van der Waals surface area contributed by atoms with Crippen molar-refractivity contribution >= 4 is 9.85 Å². The average molecular weight is 289 g/mol. The molecule has 0 aromatic heterocycles. The van der Waals surface area contributed by atoms with Gasteiger partial charge in [-0.1, -0.05) is 103 Å². The van der Waals surface area contributed by atoms with Crippen LogP contribution in [0, 0.1) is 0 Å². The first-order valence-electron chi connectivity index (χ1n) is 8.97. The molecule has 0 radical (unpaired) electrons. The lowest BCUT2D eigenvalue weighted by atomic mass is 10.0. The van der Waals surface area contributed by atoms with E-state index in [2.05, 4.69) is 6.92 Å². The summed E-state index contributed by atoms with van der Waals surface area (Å²) in [6.45, 7) is 2.28. The third-order valence-corrected chi connectivity index (χ3v) is 4.75. The maximum Gasteiger partial charge on any atom is 0.216 e. The summed E-state index contributed by atoms with van der Waals surface area (Å²) in [4.78, 5) is 0. The van der Waals surface area contributed by atoms with Gasteiger partial charge in [-0.2, -0.15) is 0 Å². The maximum atomic E-state index is 12.0. The van der Waals surface area contributed by atoms with E-state index in [0.717, 1.165) is 12.5 Å². The summed E-state index contributed by atoms with van der Waals surface area (Å²) in [5.74, 6) is 0. The van der Waals surface area contributed by atoms with Gasteiger partial charge >= 0.3 is 0 Å². The van der Waals surface area contributed by atoms with E-state index in [4.69, 9.17) is 0 Å². The third-order valence-electron chi connectivity index (χ3n) is 3.99. The molecule has 0 aromatic rings. The summed E-state index contributed by atoms with van der Waals surface area (Å²) in [5, 5.41) is 0. The summed E-state index contributed by atoms with van der Waals surface area (Å²) >= 11 is 0. The van der Waals surface area contributed by atoms with E-state index in [-0.39, 0.29) is 0 Å². The van der Waals surface area contributed by atoms with E-state index in [0.29, 0.717) is 0 Å². The summed E-state index contributed by atoms with van der Waals surface area (Å²) in [6.07, 6.45) is 20.9. The molecule has 0 aliphatic rings. The average Bonchev–Trinajstić information content (AvgIpc) is 2.43. The molecular weight excluding hydrogens is 251 g/mol. The van der Waals surface area contributed by atoms with Gasteiger partial charge in [0.2, 0.25) is 9.85 Å². The minimum atomic E-state index is -1.15. The Morgan fingerprint density at radius 1 is 0.526 bits per heavy atom. The minimum Gasteiger partial charge on any atom is -0.323 e. The van der Waals surface area contributed by atoms with Gasteiger partial charge in [0.15, 0.2) is 0 Å². The maximum absolute atomic E-state index is 12.0. The van der Waals surface area contributed by atoms with Crippen LogP contribution in [0.2, 0.25) is 6.04 Å². The molecule has 0 aliphatic carbocycles. The Labute approximate surface area is 123 Å². The summed E-state index contributed by atoms with van der Waals surface area (Å²) in [6, 6.07) is 0.915. The van der Waals surface area contributed by atoms with Crippen molar-refractivity contribution in [3.8, 4) is 0 Å². The Hall–Kier alpha value is 0.147. The van der Waals surface area contributed by atoms with Gasteiger partial charge in [-0.15, -0.1) is 0 Å². The van der Waals surface area contributed by atoms with Gasteiger partial charge in [0.25, 0.3) is 0 Å². The Balaban J connectivity index is 2.88. The molecule has 0 nitrogen and oxygen atoms in total. The topological polar surface area (TPSA) is 0 Å². The van der Waals surface area contributed by atoms with Crippen molar-refractivity contribution in [2.75, 3.05) is 0 Å². The van der Waals surface area contributed by atoms with Gasteiger partial charge in [0.1, 0.15) is 0 Å². The molecule has 0 unspecified atom stereocenters. The molecule has 2 heteroatoms. The van der Waals surface area contributed by atoms with Gasteiger partial charge in [-0.3, -0.25) is 0 Å². The van der Waals surface area contributed by atoms with Crippen LogP contribution >= 0.6 is 0 Å². The standard InChI is InChI=1S/C17H37FSi/c1-2-3-4-5-6-7-8-9-10-11-12-13-14-15-16-17-19-18/h2-17,19H2,1H3. The molecule has 0 bridgehead atoms. The molecule has 0 N–H and O–H groups in total. The van der Waals surface area contributed by atoms with Crippen LogP contribution in [0.3, 0.4) is 0 Å². The molecule has 0 saturated carbocycles. The van der Waals surface area contributed by atoms with E-state index >= 15 is 0 Å². The molecule has 0 fully saturated rings. The zero-order valence-electron chi connectivity index (χ0n) is 13.4. The molecule has 0 rings (SSSR count). The summed E-state index contributed by atoms with van der Waals surface area (Å²) in [5.41, 5.74) is 0. The van der Waals surface area contributed by atoms with Crippen LogP contribution in [0.5, 0.6) is 0 Å². The van der Waals surface area contributed by atoms with Crippen molar-refractivity contribution in [3.63, 3.8) is 0 Å². The van der Waals surface area contributed by atoms with Crippen molar-refractivity contribution in [2.24, 2.45) is 0 Å². The largest absolute Gasteiger partial charge is 0.323 e. The first kappa shape index (κ1) is 19.1. The van der Waals surface area contributed by atoms with Crippen molar-refractivity contribution in [1.29, 1.82) is 0 Å². The second-order valence-electron chi connectivity index (χ2n) is 5.99. The molecule has 0 heterocycles. The minimum absolute atomic E-state index is 0.915. The highest BCUT2D eigenvalue weighted by molar-refractivity contribution is 6.25. The SMILES string of the molecule is CCCCCCCCCCCCCCCCC[SiH2]F. The van der Waals surface area contributed by atoms with Crippen molar-refractivity contribution in [1.82, 2.24) is 0 Å². The molecule has 0 aromatic carbocycles. The first-order valence-corrected chi connectivity index (χ1v) is 10.5. The van der Waals surface area contributed by atoms with Gasteiger partial charge < -0.3 is 4.11 Å². The first-order chi connectivity index (χ1) is 9.41. The van der Waals surface area contributed by atoms with E-state index in [1.807, 2.05) is 0 Å².